The van der Waals surface area contributed by atoms with E-state index in [0.29, 0.717) is 49.3 Å². The van der Waals surface area contributed by atoms with Crippen molar-refractivity contribution in [2.75, 3.05) is 53.6 Å². The summed E-state index contributed by atoms with van der Waals surface area (Å²) in [7, 11) is 3.34. The third kappa shape index (κ3) is 10.3. The third-order valence-electron chi connectivity index (χ3n) is 9.47. The van der Waals surface area contributed by atoms with Crippen LogP contribution >= 0.6 is 0 Å². The number of hydrogen-bond acceptors (Lipinski definition) is 8. The summed E-state index contributed by atoms with van der Waals surface area (Å²) in [4.78, 5) is 11.5. The standard InChI is InChI=1S/C18H25FN2O2.C18H28N2O3/c1-23-10-3-2-8-18(22,15-5-4-9-21-13-15)17-11-16(19)7-6-14(17)12-20;1-23-11-3-2-9-18(22,16-8-5-10-20-13-16)15-7-4-6-14(12-15)17(19)21/h6-7,11,15,21-22H,2-5,8-10,13H2,1H3;4,6-7,12,16,20,22H,2-3,5,8-11,13H2,1H3,(H2,19,21)/t15-,18+;16-,18-/m11/s1. The molecule has 0 bridgehead atoms. The number of rotatable bonds is 15. The fraction of sp³-hybridized carbons (Fsp3) is 0.611. The molecule has 9 nitrogen and oxygen atoms in total. The van der Waals surface area contributed by atoms with Gasteiger partial charge in [-0.2, -0.15) is 5.26 Å². The number of nitrogens with one attached hydrogen (secondary N) is 2. The number of unbranched alkanes of at least 4 members (excludes halogenated alkanes) is 2. The molecule has 2 aromatic carbocycles. The number of benzene rings is 2. The van der Waals surface area contributed by atoms with E-state index in [1.54, 1.807) is 32.4 Å². The predicted octanol–water partition coefficient (Wildman–Crippen LogP) is 4.49. The van der Waals surface area contributed by atoms with Crippen LogP contribution in [0.2, 0.25) is 0 Å². The van der Waals surface area contributed by atoms with Crippen molar-refractivity contribution in [1.82, 2.24) is 10.6 Å². The fourth-order valence-electron chi connectivity index (χ4n) is 6.86. The van der Waals surface area contributed by atoms with Gasteiger partial charge in [0.25, 0.3) is 0 Å². The molecule has 2 aromatic rings. The minimum Gasteiger partial charge on any atom is -0.385 e. The number of carbonyl (C=O) groups is 1. The van der Waals surface area contributed by atoms with Crippen molar-refractivity contribution in [2.24, 2.45) is 17.6 Å². The normalized spacial score (nSPS) is 20.8. The summed E-state index contributed by atoms with van der Waals surface area (Å²) in [5.74, 6) is -0.761. The lowest BCUT2D eigenvalue weighted by Crippen LogP contribution is -2.44. The number of piperidine rings is 2. The first kappa shape index (κ1) is 37.5. The number of nitrogens with two attached hydrogens (primary N) is 1. The summed E-state index contributed by atoms with van der Waals surface area (Å²) >= 11 is 0. The van der Waals surface area contributed by atoms with Gasteiger partial charge in [0.05, 0.1) is 22.8 Å². The van der Waals surface area contributed by atoms with Gasteiger partial charge in [-0.15, -0.1) is 0 Å². The maximum Gasteiger partial charge on any atom is 0.248 e. The van der Waals surface area contributed by atoms with Crippen LogP contribution in [-0.2, 0) is 20.7 Å². The van der Waals surface area contributed by atoms with Gasteiger partial charge in [-0.1, -0.05) is 12.1 Å². The van der Waals surface area contributed by atoms with Gasteiger partial charge in [0, 0.05) is 63.5 Å². The average molecular weight is 641 g/mol. The summed E-state index contributed by atoms with van der Waals surface area (Å²) in [6, 6.07) is 13.3. The zero-order chi connectivity index (χ0) is 33.4. The van der Waals surface area contributed by atoms with Crippen LogP contribution in [0.15, 0.2) is 42.5 Å². The number of amides is 1. The lowest BCUT2D eigenvalue weighted by Gasteiger charge is -2.40. The summed E-state index contributed by atoms with van der Waals surface area (Å²) in [5, 5.41) is 39.0. The Labute approximate surface area is 273 Å². The minimum atomic E-state index is -1.19. The molecular formula is C36H53FN4O5. The van der Waals surface area contributed by atoms with Crippen molar-refractivity contribution in [2.45, 2.75) is 75.4 Å². The molecule has 2 fully saturated rings. The quantitative estimate of drug-likeness (QED) is 0.179. The van der Waals surface area contributed by atoms with E-state index in [1.165, 1.54) is 18.2 Å². The van der Waals surface area contributed by atoms with Gasteiger partial charge in [-0.05, 0) is 113 Å². The van der Waals surface area contributed by atoms with Gasteiger partial charge >= 0.3 is 0 Å². The Bertz CT molecular complexity index is 1260. The Hall–Kier alpha value is -2.91. The highest BCUT2D eigenvalue weighted by molar-refractivity contribution is 5.92. The Kier molecular flexibility index (Phi) is 15.5. The van der Waals surface area contributed by atoms with Gasteiger partial charge in [0.1, 0.15) is 5.82 Å². The van der Waals surface area contributed by atoms with Crippen molar-refractivity contribution in [1.29, 1.82) is 5.26 Å². The number of nitrogens with zero attached hydrogens (tertiary/aromatic N) is 1. The predicted molar refractivity (Wildman–Crippen MR) is 177 cm³/mol. The SMILES string of the molecule is COCCCC[C@@](O)(c1cc(F)ccc1C#N)[C@@H]1CCCNC1.COCCCC[C@@](O)(c1cccc(C(N)=O)c1)[C@@H]1CCCNC1. The number of hydrogen-bond donors (Lipinski definition) is 5. The van der Waals surface area contributed by atoms with E-state index in [2.05, 4.69) is 16.7 Å². The molecule has 254 valence electrons. The Balaban J connectivity index is 0.000000250. The van der Waals surface area contributed by atoms with Gasteiger partial charge in [0.2, 0.25) is 5.91 Å². The van der Waals surface area contributed by atoms with Crippen LogP contribution in [0.5, 0.6) is 0 Å². The second-order valence-electron chi connectivity index (χ2n) is 12.6. The first-order chi connectivity index (χ1) is 22.2. The van der Waals surface area contributed by atoms with E-state index in [4.69, 9.17) is 15.2 Å². The molecule has 2 saturated heterocycles. The second kappa shape index (κ2) is 19.0. The first-order valence-corrected chi connectivity index (χ1v) is 16.6. The smallest absolute Gasteiger partial charge is 0.248 e. The van der Waals surface area contributed by atoms with Crippen LogP contribution in [0.25, 0.3) is 0 Å². The van der Waals surface area contributed by atoms with Crippen LogP contribution in [0.3, 0.4) is 0 Å². The molecule has 46 heavy (non-hydrogen) atoms. The molecule has 0 aromatic heterocycles. The van der Waals surface area contributed by atoms with Crippen LogP contribution in [0.1, 0.15) is 91.3 Å². The van der Waals surface area contributed by atoms with Gasteiger partial charge in [-0.25, -0.2) is 4.39 Å². The molecule has 2 aliphatic heterocycles. The van der Waals surface area contributed by atoms with Crippen molar-refractivity contribution in [3.8, 4) is 6.07 Å². The highest BCUT2D eigenvalue weighted by Gasteiger charge is 2.41. The van der Waals surface area contributed by atoms with Crippen molar-refractivity contribution >= 4 is 5.91 Å². The number of aliphatic hydroxyl groups is 2. The van der Waals surface area contributed by atoms with E-state index in [0.717, 1.165) is 76.6 Å². The van der Waals surface area contributed by atoms with Gasteiger partial charge in [-0.3, -0.25) is 4.79 Å². The molecule has 2 aliphatic rings. The molecule has 0 saturated carbocycles. The Morgan fingerprint density at radius 1 is 0.935 bits per heavy atom. The molecule has 1 amide bonds. The molecule has 0 radical (unpaired) electrons. The highest BCUT2D eigenvalue weighted by Crippen LogP contribution is 2.40. The lowest BCUT2D eigenvalue weighted by molar-refractivity contribution is -0.0439. The second-order valence-corrected chi connectivity index (χ2v) is 12.6. The van der Waals surface area contributed by atoms with Crippen LogP contribution in [0.4, 0.5) is 4.39 Å². The molecule has 10 heteroatoms. The van der Waals surface area contributed by atoms with E-state index in [9.17, 15) is 24.7 Å². The number of ether oxygens (including phenoxy) is 2. The third-order valence-corrected chi connectivity index (χ3v) is 9.47. The zero-order valence-corrected chi connectivity index (χ0v) is 27.5. The molecular weight excluding hydrogens is 587 g/mol. The number of primary amides is 1. The van der Waals surface area contributed by atoms with Crippen LogP contribution in [-0.4, -0.2) is 69.7 Å². The van der Waals surface area contributed by atoms with Crippen molar-refractivity contribution in [3.05, 3.63) is 70.5 Å². The monoisotopic (exact) mass is 640 g/mol. The number of halogens is 1. The maximum atomic E-state index is 13.8. The van der Waals surface area contributed by atoms with Crippen molar-refractivity contribution in [3.63, 3.8) is 0 Å². The van der Waals surface area contributed by atoms with E-state index < -0.39 is 22.9 Å². The number of carbonyl (C=O) groups excluding carboxylic acids is 1. The van der Waals surface area contributed by atoms with E-state index in [1.807, 2.05) is 6.07 Å². The largest absolute Gasteiger partial charge is 0.385 e. The van der Waals surface area contributed by atoms with Crippen LogP contribution in [0, 0.1) is 29.0 Å². The van der Waals surface area contributed by atoms with E-state index in [-0.39, 0.29) is 11.8 Å². The van der Waals surface area contributed by atoms with Gasteiger partial charge in [0.15, 0.2) is 0 Å². The highest BCUT2D eigenvalue weighted by atomic mass is 19.1. The maximum absolute atomic E-state index is 13.8. The molecule has 0 aliphatic carbocycles. The van der Waals surface area contributed by atoms with Crippen LogP contribution < -0.4 is 16.4 Å². The number of nitriles is 1. The average Bonchev–Trinajstić information content (AvgIpc) is 3.09. The number of methoxy groups -OCH3 is 2. The Morgan fingerprint density at radius 3 is 2.04 bits per heavy atom. The first-order valence-electron chi connectivity index (χ1n) is 16.6. The van der Waals surface area contributed by atoms with Gasteiger partial charge < -0.3 is 36.1 Å². The van der Waals surface area contributed by atoms with E-state index >= 15 is 0 Å². The summed E-state index contributed by atoms with van der Waals surface area (Å²) in [5.41, 5.74) is 5.28. The molecule has 2 heterocycles. The Morgan fingerprint density at radius 2 is 1.52 bits per heavy atom. The minimum absolute atomic E-state index is 0.0207. The summed E-state index contributed by atoms with van der Waals surface area (Å²) in [6.45, 7) is 4.74. The molecule has 0 unspecified atom stereocenters. The lowest BCUT2D eigenvalue weighted by atomic mass is 9.73. The summed E-state index contributed by atoms with van der Waals surface area (Å²) < 4.78 is 23.9. The zero-order valence-electron chi connectivity index (χ0n) is 27.5. The molecule has 4 rings (SSSR count). The summed E-state index contributed by atoms with van der Waals surface area (Å²) in [6.07, 6.45) is 8.42. The molecule has 6 N–H and O–H groups in total. The molecule has 4 atom stereocenters. The molecule has 0 spiro atoms. The van der Waals surface area contributed by atoms with Crippen molar-refractivity contribution < 1.29 is 28.9 Å². The fourth-order valence-corrected chi connectivity index (χ4v) is 6.86. The topological polar surface area (TPSA) is 150 Å².